The molecule has 7 nitrogen and oxygen atoms in total. The number of aryl methyl sites for hydroxylation is 1. The number of benzene rings is 2. The van der Waals surface area contributed by atoms with Crippen molar-refractivity contribution in [3.05, 3.63) is 84.6 Å². The fraction of sp³-hybridized carbons (Fsp3) is 0.0870. The molecule has 0 saturated heterocycles. The predicted octanol–water partition coefficient (Wildman–Crippen LogP) is 5.15. The van der Waals surface area contributed by atoms with Crippen molar-refractivity contribution in [1.82, 2.24) is 15.0 Å². The number of rotatable bonds is 7. The average molecular weight is 400 g/mol. The van der Waals surface area contributed by atoms with Crippen molar-refractivity contribution >= 4 is 28.6 Å². The average Bonchev–Trinajstić information content (AvgIpc) is 3.16. The summed E-state index contributed by atoms with van der Waals surface area (Å²) in [5.74, 6) is 1.25. The van der Waals surface area contributed by atoms with E-state index in [0.29, 0.717) is 34.1 Å². The number of ether oxygens (including phenoxy) is 2. The summed E-state index contributed by atoms with van der Waals surface area (Å²) < 4.78 is 11.1. The van der Waals surface area contributed by atoms with E-state index in [2.05, 4.69) is 26.8 Å². The van der Waals surface area contributed by atoms with Crippen molar-refractivity contribution in [3.8, 4) is 11.6 Å². The molecule has 4 aromatic rings. The Kier molecular flexibility index (Phi) is 5.43. The molecule has 0 aliphatic heterocycles. The number of nitrogens with one attached hydrogen (secondary N) is 2. The third-order valence-electron chi connectivity index (χ3n) is 4.37. The summed E-state index contributed by atoms with van der Waals surface area (Å²) in [5.41, 5.74) is 3.52. The lowest BCUT2D eigenvalue weighted by molar-refractivity contribution is 0.0550. The highest BCUT2D eigenvalue weighted by Gasteiger charge is 2.12. The van der Waals surface area contributed by atoms with Crippen LogP contribution in [-0.2, 0) is 4.74 Å². The van der Waals surface area contributed by atoms with Gasteiger partial charge in [0.25, 0.3) is 0 Å². The van der Waals surface area contributed by atoms with Gasteiger partial charge in [-0.1, -0.05) is 30.9 Å². The number of hydrogen-bond donors (Lipinski definition) is 2. The van der Waals surface area contributed by atoms with Crippen LogP contribution < -0.4 is 10.1 Å². The summed E-state index contributed by atoms with van der Waals surface area (Å²) in [4.78, 5) is 24.1. The Bertz CT molecular complexity index is 1220. The van der Waals surface area contributed by atoms with Crippen LogP contribution in [0.25, 0.3) is 11.0 Å². The number of aromatic nitrogens is 3. The SMILES string of the molecule is C=CCOC(=O)c1ccc2nc(Nc3cccnc3Oc3ccccc3C)[nH]c2c1. The van der Waals surface area contributed by atoms with Crippen LogP contribution in [0.2, 0.25) is 0 Å². The highest BCUT2D eigenvalue weighted by Crippen LogP contribution is 2.30. The van der Waals surface area contributed by atoms with Gasteiger partial charge < -0.3 is 19.8 Å². The first kappa shape index (κ1) is 19.2. The molecule has 4 rings (SSSR count). The lowest BCUT2D eigenvalue weighted by Gasteiger charge is -2.11. The van der Waals surface area contributed by atoms with E-state index in [1.807, 2.05) is 43.3 Å². The fourth-order valence-electron chi connectivity index (χ4n) is 2.88. The number of imidazole rings is 1. The standard InChI is InChI=1S/C23H20N4O3/c1-3-13-29-22(28)16-10-11-17-19(14-16)27-23(25-17)26-18-8-6-12-24-21(18)30-20-9-5-4-7-15(20)2/h3-12,14H,1,13H2,2H3,(H2,25,26,27). The zero-order chi connectivity index (χ0) is 20.9. The number of anilines is 2. The molecule has 0 atom stereocenters. The summed E-state index contributed by atoms with van der Waals surface area (Å²) in [7, 11) is 0. The van der Waals surface area contributed by atoms with Gasteiger partial charge >= 0.3 is 5.97 Å². The highest BCUT2D eigenvalue weighted by molar-refractivity contribution is 5.94. The third-order valence-corrected chi connectivity index (χ3v) is 4.37. The normalized spacial score (nSPS) is 10.6. The first-order valence-corrected chi connectivity index (χ1v) is 9.37. The zero-order valence-corrected chi connectivity index (χ0v) is 16.4. The van der Waals surface area contributed by atoms with Crippen molar-refractivity contribution in [2.24, 2.45) is 0 Å². The van der Waals surface area contributed by atoms with E-state index in [1.165, 1.54) is 6.08 Å². The number of carbonyl (C=O) groups excluding carboxylic acids is 1. The van der Waals surface area contributed by atoms with Crippen molar-refractivity contribution in [2.75, 3.05) is 11.9 Å². The number of fused-ring (bicyclic) bond motifs is 1. The fourth-order valence-corrected chi connectivity index (χ4v) is 2.88. The molecule has 2 aromatic heterocycles. The molecule has 0 aliphatic carbocycles. The summed E-state index contributed by atoms with van der Waals surface area (Å²) in [5, 5.41) is 3.20. The zero-order valence-electron chi connectivity index (χ0n) is 16.4. The second-order valence-electron chi connectivity index (χ2n) is 6.55. The summed E-state index contributed by atoms with van der Waals surface area (Å²) >= 11 is 0. The number of para-hydroxylation sites is 1. The Morgan fingerprint density at radius 2 is 2.07 bits per heavy atom. The molecule has 0 unspecified atom stereocenters. The van der Waals surface area contributed by atoms with Gasteiger partial charge in [0, 0.05) is 6.20 Å². The van der Waals surface area contributed by atoms with Crippen molar-refractivity contribution in [2.45, 2.75) is 6.92 Å². The van der Waals surface area contributed by atoms with E-state index in [4.69, 9.17) is 9.47 Å². The van der Waals surface area contributed by atoms with Gasteiger partial charge in [0.15, 0.2) is 0 Å². The van der Waals surface area contributed by atoms with Crippen LogP contribution in [0, 0.1) is 6.92 Å². The Hall–Kier alpha value is -4.13. The Morgan fingerprint density at radius 3 is 2.90 bits per heavy atom. The van der Waals surface area contributed by atoms with Gasteiger partial charge in [-0.05, 0) is 48.9 Å². The number of esters is 1. The molecule has 0 fully saturated rings. The smallest absolute Gasteiger partial charge is 0.338 e. The van der Waals surface area contributed by atoms with Gasteiger partial charge in [0.1, 0.15) is 18.0 Å². The molecule has 0 amide bonds. The van der Waals surface area contributed by atoms with Crippen LogP contribution in [0.4, 0.5) is 11.6 Å². The van der Waals surface area contributed by atoms with Crippen LogP contribution in [0.1, 0.15) is 15.9 Å². The lowest BCUT2D eigenvalue weighted by atomic mass is 10.2. The van der Waals surface area contributed by atoms with Gasteiger partial charge in [0.2, 0.25) is 11.8 Å². The minimum atomic E-state index is -0.415. The largest absolute Gasteiger partial charge is 0.458 e. The predicted molar refractivity (Wildman–Crippen MR) is 115 cm³/mol. The van der Waals surface area contributed by atoms with Gasteiger partial charge in [-0.3, -0.25) is 0 Å². The number of nitrogens with zero attached hydrogens (tertiary/aromatic N) is 2. The first-order valence-electron chi connectivity index (χ1n) is 9.37. The minimum absolute atomic E-state index is 0.164. The molecule has 0 spiro atoms. The van der Waals surface area contributed by atoms with Crippen molar-refractivity contribution < 1.29 is 14.3 Å². The maximum atomic E-state index is 12.0. The number of H-pyrrole nitrogens is 1. The van der Waals surface area contributed by atoms with Crippen LogP contribution >= 0.6 is 0 Å². The number of hydrogen-bond acceptors (Lipinski definition) is 6. The van der Waals surface area contributed by atoms with Crippen LogP contribution in [0.3, 0.4) is 0 Å². The van der Waals surface area contributed by atoms with Gasteiger partial charge in [0.05, 0.1) is 16.6 Å². The van der Waals surface area contributed by atoms with Crippen LogP contribution in [0.15, 0.2) is 73.4 Å². The van der Waals surface area contributed by atoms with Gasteiger partial charge in [-0.15, -0.1) is 0 Å². The molecule has 0 saturated carbocycles. The second kappa shape index (κ2) is 8.48. The first-order chi connectivity index (χ1) is 14.6. The summed E-state index contributed by atoms with van der Waals surface area (Å²) in [6.07, 6.45) is 3.19. The number of pyridine rings is 1. The van der Waals surface area contributed by atoms with Gasteiger partial charge in [-0.25, -0.2) is 14.8 Å². The Morgan fingerprint density at radius 1 is 1.20 bits per heavy atom. The summed E-state index contributed by atoms with van der Waals surface area (Å²) in [6.45, 7) is 5.68. The molecule has 2 aromatic carbocycles. The van der Waals surface area contributed by atoms with E-state index >= 15 is 0 Å². The lowest BCUT2D eigenvalue weighted by Crippen LogP contribution is -2.04. The maximum Gasteiger partial charge on any atom is 0.338 e. The molecule has 2 N–H and O–H groups in total. The quantitative estimate of drug-likeness (QED) is 0.330. The highest BCUT2D eigenvalue weighted by atomic mass is 16.5. The molecule has 0 radical (unpaired) electrons. The van der Waals surface area contributed by atoms with E-state index in [9.17, 15) is 4.79 Å². The molecule has 7 heteroatoms. The molecule has 0 bridgehead atoms. The minimum Gasteiger partial charge on any atom is -0.458 e. The number of carbonyl (C=O) groups is 1. The van der Waals surface area contributed by atoms with Crippen LogP contribution in [0.5, 0.6) is 11.6 Å². The second-order valence-corrected chi connectivity index (χ2v) is 6.55. The van der Waals surface area contributed by atoms with Crippen LogP contribution in [-0.4, -0.2) is 27.5 Å². The number of aromatic amines is 1. The van der Waals surface area contributed by atoms with Crippen molar-refractivity contribution in [3.63, 3.8) is 0 Å². The van der Waals surface area contributed by atoms with Gasteiger partial charge in [-0.2, -0.15) is 0 Å². The van der Waals surface area contributed by atoms with E-state index < -0.39 is 5.97 Å². The molecular weight excluding hydrogens is 380 g/mol. The maximum absolute atomic E-state index is 12.0. The van der Waals surface area contributed by atoms with E-state index in [-0.39, 0.29) is 6.61 Å². The van der Waals surface area contributed by atoms with E-state index in [1.54, 1.807) is 24.4 Å². The molecule has 150 valence electrons. The topological polar surface area (TPSA) is 89.1 Å². The Balaban J connectivity index is 1.58. The molecule has 2 heterocycles. The van der Waals surface area contributed by atoms with Crippen molar-refractivity contribution in [1.29, 1.82) is 0 Å². The molecular formula is C23H20N4O3. The monoisotopic (exact) mass is 400 g/mol. The molecule has 0 aliphatic rings. The third kappa shape index (κ3) is 4.15. The van der Waals surface area contributed by atoms with E-state index in [0.717, 1.165) is 11.3 Å². The Labute approximate surface area is 173 Å². The summed E-state index contributed by atoms with van der Waals surface area (Å²) in [6, 6.07) is 16.5. The molecule has 30 heavy (non-hydrogen) atoms.